The maximum Gasteiger partial charge on any atom is 0.361 e. The third-order valence-electron chi connectivity index (χ3n) is 19.3. The van der Waals surface area contributed by atoms with Gasteiger partial charge in [0, 0.05) is 12.8 Å². The Labute approximate surface area is 626 Å². The summed E-state index contributed by atoms with van der Waals surface area (Å²) < 4.78 is 23.1. The first-order valence-electron chi connectivity index (χ1n) is 43.4. The fraction of sp³-hybridized carbons (Fsp3) is 0.793. The van der Waals surface area contributed by atoms with E-state index in [1.807, 2.05) is 21.1 Å². The van der Waals surface area contributed by atoms with Crippen molar-refractivity contribution in [3.05, 3.63) is 97.2 Å². The van der Waals surface area contributed by atoms with Gasteiger partial charge in [0.25, 0.3) is 6.29 Å². The van der Waals surface area contributed by atoms with E-state index in [1.165, 1.54) is 302 Å². The van der Waals surface area contributed by atoms with Crippen LogP contribution in [0.15, 0.2) is 97.2 Å². The molecular weight excluding hydrogens is 1250 g/mol. The molecule has 0 aromatic carbocycles. The highest BCUT2D eigenvalue weighted by Crippen LogP contribution is 2.20. The van der Waals surface area contributed by atoms with Crippen LogP contribution in [0.1, 0.15) is 412 Å². The molecule has 0 aliphatic heterocycles. The minimum Gasteiger partial charge on any atom is -0.477 e. The van der Waals surface area contributed by atoms with Crippen molar-refractivity contribution >= 4 is 17.9 Å². The van der Waals surface area contributed by atoms with Crippen LogP contribution in [-0.2, 0) is 33.3 Å². The highest BCUT2D eigenvalue weighted by atomic mass is 16.7. The molecule has 9 nitrogen and oxygen atoms in total. The monoisotopic (exact) mass is 1410 g/mol. The van der Waals surface area contributed by atoms with E-state index in [0.717, 1.165) is 83.5 Å². The fourth-order valence-electron chi connectivity index (χ4n) is 12.8. The molecule has 0 radical (unpaired) electrons. The minimum atomic E-state index is -1.51. The molecule has 0 aromatic rings. The zero-order valence-electron chi connectivity index (χ0n) is 67.3. The molecule has 0 saturated heterocycles. The lowest BCUT2D eigenvalue weighted by Gasteiger charge is -2.25. The number of aliphatic carboxylic acids is 1. The summed E-state index contributed by atoms with van der Waals surface area (Å²) in [7, 11) is 6.00. The van der Waals surface area contributed by atoms with Crippen LogP contribution in [0.25, 0.3) is 0 Å². The Morgan fingerprint density at radius 1 is 0.307 bits per heavy atom. The van der Waals surface area contributed by atoms with Gasteiger partial charge in [-0.3, -0.25) is 9.59 Å². The number of esters is 2. The molecule has 586 valence electrons. The van der Waals surface area contributed by atoms with E-state index in [1.54, 1.807) is 0 Å². The van der Waals surface area contributed by atoms with Gasteiger partial charge in [-0.15, -0.1) is 0 Å². The van der Waals surface area contributed by atoms with Gasteiger partial charge < -0.3 is 28.5 Å². The van der Waals surface area contributed by atoms with Crippen LogP contribution >= 0.6 is 0 Å². The molecule has 9 heteroatoms. The molecular formula is C92H166NO8+. The van der Waals surface area contributed by atoms with Crippen molar-refractivity contribution < 1.29 is 42.9 Å². The molecule has 0 saturated carbocycles. The molecule has 0 heterocycles. The number of quaternary nitrogens is 1. The quantitative estimate of drug-likeness (QED) is 0.0211. The number of carboxylic acids is 1. The third-order valence-corrected chi connectivity index (χ3v) is 19.3. The largest absolute Gasteiger partial charge is 0.477 e. The Morgan fingerprint density at radius 3 is 0.842 bits per heavy atom. The minimum absolute atomic E-state index is 0.178. The third kappa shape index (κ3) is 83.4. The lowest BCUT2D eigenvalue weighted by molar-refractivity contribution is -0.870. The van der Waals surface area contributed by atoms with Crippen molar-refractivity contribution in [1.82, 2.24) is 0 Å². The van der Waals surface area contributed by atoms with Gasteiger partial charge in [-0.05, 0) is 96.3 Å². The number of hydrogen-bond acceptors (Lipinski definition) is 7. The summed E-state index contributed by atoms with van der Waals surface area (Å²) in [5.74, 6) is -1.98. The molecule has 0 amide bonds. The number of unbranched alkanes of at least 4 members (excludes halogenated alkanes) is 50. The number of carboxylic acid groups (broad SMARTS) is 1. The summed E-state index contributed by atoms with van der Waals surface area (Å²) in [6.07, 6.45) is 112. The van der Waals surface area contributed by atoms with Gasteiger partial charge in [0.2, 0.25) is 0 Å². The molecule has 101 heavy (non-hydrogen) atoms. The molecule has 2 unspecified atom stereocenters. The summed E-state index contributed by atoms with van der Waals surface area (Å²) in [5, 5.41) is 9.79. The van der Waals surface area contributed by atoms with Gasteiger partial charge in [0.05, 0.1) is 34.4 Å². The first-order valence-corrected chi connectivity index (χ1v) is 43.4. The van der Waals surface area contributed by atoms with E-state index in [0.29, 0.717) is 17.4 Å². The van der Waals surface area contributed by atoms with Crippen molar-refractivity contribution in [2.75, 3.05) is 47.5 Å². The lowest BCUT2D eigenvalue weighted by atomic mass is 10.0. The van der Waals surface area contributed by atoms with E-state index in [4.69, 9.17) is 18.9 Å². The van der Waals surface area contributed by atoms with Crippen molar-refractivity contribution in [1.29, 1.82) is 0 Å². The number of allylic oxidation sites excluding steroid dienone is 16. The lowest BCUT2D eigenvalue weighted by Crippen LogP contribution is -2.40. The Bertz CT molecular complexity index is 1990. The van der Waals surface area contributed by atoms with Gasteiger partial charge in [-0.1, -0.05) is 400 Å². The van der Waals surface area contributed by atoms with Crippen LogP contribution < -0.4 is 0 Å². The number of likely N-dealkylation sites (N-methyl/N-ethyl adjacent to an activating group) is 1. The molecule has 0 aliphatic rings. The predicted molar refractivity (Wildman–Crippen MR) is 438 cm³/mol. The Morgan fingerprint density at radius 2 is 0.564 bits per heavy atom. The van der Waals surface area contributed by atoms with Gasteiger partial charge >= 0.3 is 17.9 Å². The molecule has 0 spiro atoms. The van der Waals surface area contributed by atoms with Crippen LogP contribution in [0.3, 0.4) is 0 Å². The highest BCUT2D eigenvalue weighted by molar-refractivity contribution is 5.71. The van der Waals surface area contributed by atoms with Gasteiger partial charge in [0.15, 0.2) is 6.10 Å². The van der Waals surface area contributed by atoms with E-state index in [-0.39, 0.29) is 38.2 Å². The molecule has 0 aliphatic carbocycles. The van der Waals surface area contributed by atoms with Crippen LogP contribution in [0.4, 0.5) is 0 Å². The van der Waals surface area contributed by atoms with Crippen molar-refractivity contribution in [2.45, 2.75) is 424 Å². The molecule has 0 rings (SSSR count). The number of rotatable bonds is 81. The molecule has 2 atom stereocenters. The second kappa shape index (κ2) is 81.9. The van der Waals surface area contributed by atoms with Gasteiger partial charge in [-0.2, -0.15) is 0 Å². The van der Waals surface area contributed by atoms with E-state index in [9.17, 15) is 19.5 Å². The molecule has 0 bridgehead atoms. The summed E-state index contributed by atoms with van der Waals surface area (Å²) in [6.45, 7) is 4.81. The second-order valence-corrected chi connectivity index (χ2v) is 30.5. The van der Waals surface area contributed by atoms with Gasteiger partial charge in [-0.25, -0.2) is 4.79 Å². The summed E-state index contributed by atoms with van der Waals surface area (Å²) in [5.41, 5.74) is 0. The van der Waals surface area contributed by atoms with E-state index < -0.39 is 18.4 Å². The number of carbonyl (C=O) groups is 3. The first-order chi connectivity index (χ1) is 49.6. The SMILES string of the molecule is CC/C=C\C/C=C\C/C=C\C/C=C\C/C=C\CCCCCCCCCCCCCCCCCCCCCCCC(=O)OC(COC(=O)CCCCCCCCCCCCCCCCCCCCCCCCCC/C=C\C/C=C\C/C=C\CCCCCCC)COC(OCC[N+](C)(C)C)C(=O)O. The predicted octanol–water partition coefficient (Wildman–Crippen LogP) is 28.3. The normalized spacial score (nSPS) is 13.1. The first kappa shape index (κ1) is 97.2. The summed E-state index contributed by atoms with van der Waals surface area (Å²) in [6, 6.07) is 0. The number of nitrogens with zero attached hydrogens (tertiary/aromatic N) is 1. The Kier molecular flexibility index (Phi) is 78.8. The number of carbonyl (C=O) groups excluding carboxylic acids is 2. The van der Waals surface area contributed by atoms with Crippen molar-refractivity contribution in [2.24, 2.45) is 0 Å². The average molecular weight is 1410 g/mol. The highest BCUT2D eigenvalue weighted by Gasteiger charge is 2.25. The molecule has 0 fully saturated rings. The fourth-order valence-corrected chi connectivity index (χ4v) is 12.8. The second-order valence-electron chi connectivity index (χ2n) is 30.5. The maximum absolute atomic E-state index is 13.0. The van der Waals surface area contributed by atoms with Crippen molar-refractivity contribution in [3.63, 3.8) is 0 Å². The summed E-state index contributed by atoms with van der Waals surface area (Å²) in [4.78, 5) is 37.8. The topological polar surface area (TPSA) is 108 Å². The number of hydrogen-bond donors (Lipinski definition) is 1. The maximum atomic E-state index is 13.0. The zero-order chi connectivity index (χ0) is 73.2. The van der Waals surface area contributed by atoms with Crippen LogP contribution in [0.2, 0.25) is 0 Å². The Balaban J connectivity index is 3.94. The van der Waals surface area contributed by atoms with E-state index in [2.05, 4.69) is 111 Å². The van der Waals surface area contributed by atoms with Crippen LogP contribution in [0.5, 0.6) is 0 Å². The zero-order valence-corrected chi connectivity index (χ0v) is 67.3. The van der Waals surface area contributed by atoms with Gasteiger partial charge in [0.1, 0.15) is 13.2 Å². The summed E-state index contributed by atoms with van der Waals surface area (Å²) >= 11 is 0. The van der Waals surface area contributed by atoms with Crippen LogP contribution in [0, 0.1) is 0 Å². The molecule has 0 aromatic heterocycles. The smallest absolute Gasteiger partial charge is 0.361 e. The van der Waals surface area contributed by atoms with Crippen LogP contribution in [-0.4, -0.2) is 87.4 Å². The standard InChI is InChI=1S/C92H165NO8/c1-6-8-10-12-14-16-18-20-22-24-26-28-30-32-34-36-38-40-42-44-45-47-48-50-52-54-56-58-60-62-64-66-68-70-72-74-76-78-80-82-89(94)99-86-88(87-100-92(91(96)97)98-85-84-93(3,4)5)101-90(95)83-81-79-77-75-73-71-69-67-65-63-61-59-57-55-53-51-49-46-43-41-39-37-35-33-31-29-27-25-23-21-19-17-15-13-11-9-7-2/h9,11,15,17-18,20-21,23-24,26-27,29-30,32-33,35,88,92H,6-8,10,12-14,16,19,22,25,28,31,34,36-87H2,1-5H3/p+1/b11-9-,17-15-,20-18-,23-21-,26-24-,29-27-,32-30-,35-33-. The van der Waals surface area contributed by atoms with E-state index >= 15 is 0 Å². The van der Waals surface area contributed by atoms with Crippen molar-refractivity contribution in [3.8, 4) is 0 Å². The Hall–Kier alpha value is -3.79. The molecule has 1 N–H and O–H groups in total. The number of ether oxygens (including phenoxy) is 4. The average Bonchev–Trinajstić information content (AvgIpc) is 1.25.